The van der Waals surface area contributed by atoms with Crippen LogP contribution < -0.4 is 4.74 Å². The third kappa shape index (κ3) is 5.84. The summed E-state index contributed by atoms with van der Waals surface area (Å²) in [6.45, 7) is 4.45. The van der Waals surface area contributed by atoms with Crippen LogP contribution in [-0.4, -0.2) is 29.1 Å². The first kappa shape index (κ1) is 14.2. The predicted molar refractivity (Wildman–Crippen MR) is 70.8 cm³/mol. The molecule has 0 aliphatic heterocycles. The Bertz CT molecular complexity index is 348. The van der Waals surface area contributed by atoms with Gasteiger partial charge >= 0.3 is 0 Å². The lowest BCUT2D eigenvalue weighted by atomic mass is 10.2. The molecule has 0 amide bonds. The summed E-state index contributed by atoms with van der Waals surface area (Å²) in [5.41, 5.74) is 1.18. The van der Waals surface area contributed by atoms with Crippen LogP contribution in [0.5, 0.6) is 5.75 Å². The molecule has 4 heteroatoms. The highest BCUT2D eigenvalue weighted by molar-refractivity contribution is 7.84. The SMILES string of the molecule is CCOC(C)Oc1ccc(CCS(C)=O)cc1. The Morgan fingerprint density at radius 3 is 2.47 bits per heavy atom. The van der Waals surface area contributed by atoms with Crippen LogP contribution in [0.4, 0.5) is 0 Å². The summed E-state index contributed by atoms with van der Waals surface area (Å²) in [6.07, 6.45) is 2.33. The van der Waals surface area contributed by atoms with Crippen molar-refractivity contribution in [3.63, 3.8) is 0 Å². The minimum atomic E-state index is -0.734. The van der Waals surface area contributed by atoms with Crippen molar-refractivity contribution in [3.05, 3.63) is 29.8 Å². The Balaban J connectivity index is 2.47. The van der Waals surface area contributed by atoms with Crippen LogP contribution in [0.25, 0.3) is 0 Å². The molecule has 0 aliphatic rings. The van der Waals surface area contributed by atoms with Gasteiger partial charge in [-0.25, -0.2) is 0 Å². The van der Waals surface area contributed by atoms with Crippen LogP contribution in [0.3, 0.4) is 0 Å². The molecule has 2 atom stereocenters. The van der Waals surface area contributed by atoms with E-state index in [1.807, 2.05) is 38.1 Å². The number of ether oxygens (including phenoxy) is 2. The Kier molecular flexibility index (Phi) is 6.22. The quantitative estimate of drug-likeness (QED) is 0.703. The number of aryl methyl sites for hydroxylation is 1. The van der Waals surface area contributed by atoms with Crippen molar-refractivity contribution in [2.75, 3.05) is 18.6 Å². The van der Waals surface area contributed by atoms with Gasteiger partial charge in [0, 0.05) is 29.4 Å². The lowest BCUT2D eigenvalue weighted by Gasteiger charge is -2.14. The molecule has 17 heavy (non-hydrogen) atoms. The number of benzene rings is 1. The summed E-state index contributed by atoms with van der Waals surface area (Å²) in [7, 11) is -0.734. The molecule has 1 aromatic carbocycles. The van der Waals surface area contributed by atoms with Crippen LogP contribution in [0.1, 0.15) is 19.4 Å². The molecule has 0 fully saturated rings. The second kappa shape index (κ2) is 7.45. The summed E-state index contributed by atoms with van der Waals surface area (Å²) < 4.78 is 21.8. The fourth-order valence-corrected chi connectivity index (χ4v) is 1.98. The maximum atomic E-state index is 11.0. The van der Waals surface area contributed by atoms with Gasteiger partial charge in [0.2, 0.25) is 0 Å². The summed E-state index contributed by atoms with van der Waals surface area (Å²) in [5.74, 6) is 1.50. The highest BCUT2D eigenvalue weighted by atomic mass is 32.2. The maximum absolute atomic E-state index is 11.0. The third-order valence-corrected chi connectivity index (χ3v) is 3.08. The zero-order chi connectivity index (χ0) is 12.7. The molecule has 3 nitrogen and oxygen atoms in total. The normalized spacial score (nSPS) is 14.3. The van der Waals surface area contributed by atoms with Gasteiger partial charge in [-0.1, -0.05) is 12.1 Å². The first-order chi connectivity index (χ1) is 8.11. The van der Waals surface area contributed by atoms with Gasteiger partial charge in [-0.05, 0) is 38.0 Å². The van der Waals surface area contributed by atoms with Gasteiger partial charge in [-0.15, -0.1) is 0 Å². The van der Waals surface area contributed by atoms with E-state index in [2.05, 4.69) is 0 Å². The minimum Gasteiger partial charge on any atom is -0.465 e. The van der Waals surface area contributed by atoms with E-state index in [1.54, 1.807) is 6.26 Å². The molecule has 0 saturated heterocycles. The number of hydrogen-bond donors (Lipinski definition) is 0. The maximum Gasteiger partial charge on any atom is 0.196 e. The molecule has 0 aromatic heterocycles. The van der Waals surface area contributed by atoms with Crippen molar-refractivity contribution in [2.45, 2.75) is 26.6 Å². The van der Waals surface area contributed by atoms with E-state index in [4.69, 9.17) is 9.47 Å². The van der Waals surface area contributed by atoms with Crippen LogP contribution >= 0.6 is 0 Å². The number of hydrogen-bond acceptors (Lipinski definition) is 3. The fourth-order valence-electron chi connectivity index (χ4n) is 1.46. The lowest BCUT2D eigenvalue weighted by molar-refractivity contribution is -0.0613. The van der Waals surface area contributed by atoms with E-state index in [9.17, 15) is 4.21 Å². The third-order valence-electron chi connectivity index (χ3n) is 2.30. The molecule has 0 radical (unpaired) electrons. The van der Waals surface area contributed by atoms with E-state index in [0.717, 1.165) is 12.2 Å². The van der Waals surface area contributed by atoms with Crippen molar-refractivity contribution in [1.29, 1.82) is 0 Å². The van der Waals surface area contributed by atoms with Crippen LogP contribution in [0.2, 0.25) is 0 Å². The van der Waals surface area contributed by atoms with Gasteiger partial charge in [-0.2, -0.15) is 0 Å². The van der Waals surface area contributed by atoms with Crippen molar-refractivity contribution in [2.24, 2.45) is 0 Å². The van der Waals surface area contributed by atoms with E-state index in [0.29, 0.717) is 12.4 Å². The molecular weight excluding hydrogens is 236 g/mol. The molecule has 0 heterocycles. The van der Waals surface area contributed by atoms with Crippen molar-refractivity contribution >= 4 is 10.8 Å². The molecule has 1 rings (SSSR count). The smallest absolute Gasteiger partial charge is 0.196 e. The van der Waals surface area contributed by atoms with E-state index >= 15 is 0 Å². The summed E-state index contributed by atoms with van der Waals surface area (Å²) in [6, 6.07) is 7.84. The standard InChI is InChI=1S/C13H20O3S/c1-4-15-11(2)16-13-7-5-12(6-8-13)9-10-17(3)14/h5-8,11H,4,9-10H2,1-3H3. The average molecular weight is 256 g/mol. The Hall–Kier alpha value is -0.870. The van der Waals surface area contributed by atoms with Gasteiger partial charge in [-0.3, -0.25) is 4.21 Å². The highest BCUT2D eigenvalue weighted by Crippen LogP contribution is 2.14. The summed E-state index contributed by atoms with van der Waals surface area (Å²) in [4.78, 5) is 0. The van der Waals surface area contributed by atoms with E-state index < -0.39 is 10.8 Å². The first-order valence-electron chi connectivity index (χ1n) is 5.79. The van der Waals surface area contributed by atoms with Crippen molar-refractivity contribution < 1.29 is 13.7 Å². The van der Waals surface area contributed by atoms with Gasteiger partial charge < -0.3 is 9.47 Å². The van der Waals surface area contributed by atoms with Crippen LogP contribution in [-0.2, 0) is 22.0 Å². The van der Waals surface area contributed by atoms with Crippen molar-refractivity contribution in [1.82, 2.24) is 0 Å². The summed E-state index contributed by atoms with van der Waals surface area (Å²) in [5, 5.41) is 0. The Morgan fingerprint density at radius 2 is 1.94 bits per heavy atom. The van der Waals surface area contributed by atoms with E-state index in [1.165, 1.54) is 5.56 Å². The average Bonchev–Trinajstić information content (AvgIpc) is 2.28. The topological polar surface area (TPSA) is 35.5 Å². The molecular formula is C13H20O3S. The molecule has 0 aliphatic carbocycles. The number of rotatable bonds is 7. The molecule has 2 unspecified atom stereocenters. The second-order valence-electron chi connectivity index (χ2n) is 3.81. The fraction of sp³-hybridized carbons (Fsp3) is 0.538. The van der Waals surface area contributed by atoms with Crippen LogP contribution in [0, 0.1) is 0 Å². The predicted octanol–water partition coefficient (Wildman–Crippen LogP) is 2.37. The highest BCUT2D eigenvalue weighted by Gasteiger charge is 2.02. The second-order valence-corrected chi connectivity index (χ2v) is 5.37. The van der Waals surface area contributed by atoms with Gasteiger partial charge in [0.1, 0.15) is 5.75 Å². The summed E-state index contributed by atoms with van der Waals surface area (Å²) >= 11 is 0. The van der Waals surface area contributed by atoms with Crippen LogP contribution in [0.15, 0.2) is 24.3 Å². The minimum absolute atomic E-state index is 0.228. The molecule has 0 N–H and O–H groups in total. The lowest BCUT2D eigenvalue weighted by Crippen LogP contribution is -2.15. The molecule has 96 valence electrons. The zero-order valence-corrected chi connectivity index (χ0v) is 11.5. The Labute approximate surface area is 106 Å². The molecule has 0 saturated carbocycles. The monoisotopic (exact) mass is 256 g/mol. The molecule has 0 bridgehead atoms. The largest absolute Gasteiger partial charge is 0.465 e. The molecule has 0 spiro atoms. The first-order valence-corrected chi connectivity index (χ1v) is 7.51. The zero-order valence-electron chi connectivity index (χ0n) is 10.6. The van der Waals surface area contributed by atoms with Gasteiger partial charge in [0.25, 0.3) is 0 Å². The Morgan fingerprint density at radius 1 is 1.29 bits per heavy atom. The van der Waals surface area contributed by atoms with Gasteiger partial charge in [0.05, 0.1) is 0 Å². The van der Waals surface area contributed by atoms with Gasteiger partial charge in [0.15, 0.2) is 6.29 Å². The molecule has 1 aromatic rings. The van der Waals surface area contributed by atoms with Crippen molar-refractivity contribution in [3.8, 4) is 5.75 Å². The van der Waals surface area contributed by atoms with E-state index in [-0.39, 0.29) is 6.29 Å².